The number of aryl methyl sites for hydroxylation is 1. The minimum absolute atomic E-state index is 0.197. The number of hydrogen-bond acceptors (Lipinski definition) is 5. The van der Waals surface area contributed by atoms with Crippen molar-refractivity contribution in [3.8, 4) is 11.5 Å². The highest BCUT2D eigenvalue weighted by Gasteiger charge is 2.41. The Morgan fingerprint density at radius 3 is 2.56 bits per heavy atom. The molecule has 2 aliphatic rings. The zero-order chi connectivity index (χ0) is 18.9. The lowest BCUT2D eigenvalue weighted by molar-refractivity contribution is -0.0990. The van der Waals surface area contributed by atoms with E-state index in [0.29, 0.717) is 0 Å². The van der Waals surface area contributed by atoms with Crippen LogP contribution in [0.5, 0.6) is 11.5 Å². The molecule has 27 heavy (non-hydrogen) atoms. The van der Waals surface area contributed by atoms with Gasteiger partial charge in [0.25, 0.3) is 0 Å². The molecule has 0 unspecified atom stereocenters. The lowest BCUT2D eigenvalue weighted by Crippen LogP contribution is -2.46. The molecule has 0 aliphatic carbocycles. The number of benzene rings is 1. The molecule has 1 saturated heterocycles. The van der Waals surface area contributed by atoms with Gasteiger partial charge in [-0.3, -0.25) is 9.58 Å². The molecule has 1 aromatic carbocycles. The van der Waals surface area contributed by atoms with Gasteiger partial charge < -0.3 is 14.2 Å². The van der Waals surface area contributed by atoms with E-state index in [9.17, 15) is 0 Å². The first-order valence-electron chi connectivity index (χ1n) is 9.80. The van der Waals surface area contributed by atoms with Gasteiger partial charge in [0, 0.05) is 37.9 Å². The fourth-order valence-electron chi connectivity index (χ4n) is 4.39. The van der Waals surface area contributed by atoms with E-state index < -0.39 is 0 Å². The highest BCUT2D eigenvalue weighted by Crippen LogP contribution is 2.45. The molecule has 1 fully saturated rings. The summed E-state index contributed by atoms with van der Waals surface area (Å²) < 4.78 is 19.4. The molecule has 0 radical (unpaired) electrons. The first-order valence-corrected chi connectivity index (χ1v) is 9.80. The SMILES string of the molecule is CCn1cc(CN2CCC3(CC2)OCCc2cc(OC)c(OC)cc23)cn1. The normalized spacial score (nSPS) is 19.1. The van der Waals surface area contributed by atoms with Crippen LogP contribution in [0.15, 0.2) is 24.5 Å². The minimum atomic E-state index is -0.197. The summed E-state index contributed by atoms with van der Waals surface area (Å²) in [6.07, 6.45) is 7.05. The zero-order valence-electron chi connectivity index (χ0n) is 16.5. The Morgan fingerprint density at radius 1 is 1.15 bits per heavy atom. The van der Waals surface area contributed by atoms with Gasteiger partial charge in [0.2, 0.25) is 0 Å². The molecule has 0 atom stereocenters. The highest BCUT2D eigenvalue weighted by molar-refractivity contribution is 5.50. The van der Waals surface area contributed by atoms with Gasteiger partial charge >= 0.3 is 0 Å². The van der Waals surface area contributed by atoms with Crippen LogP contribution in [0.25, 0.3) is 0 Å². The molecule has 0 N–H and O–H groups in total. The Labute approximate surface area is 161 Å². The summed E-state index contributed by atoms with van der Waals surface area (Å²) in [5, 5.41) is 4.39. The zero-order valence-corrected chi connectivity index (χ0v) is 16.5. The second kappa shape index (κ2) is 7.52. The Balaban J connectivity index is 1.51. The second-order valence-electron chi connectivity index (χ2n) is 7.44. The third-order valence-electron chi connectivity index (χ3n) is 5.93. The van der Waals surface area contributed by atoms with Crippen LogP contribution in [0.3, 0.4) is 0 Å². The van der Waals surface area contributed by atoms with Crippen LogP contribution in [0.1, 0.15) is 36.5 Å². The molecule has 0 saturated carbocycles. The van der Waals surface area contributed by atoms with Gasteiger partial charge in [-0.05, 0) is 49.4 Å². The molecule has 0 bridgehead atoms. The fraction of sp³-hybridized carbons (Fsp3) is 0.571. The number of methoxy groups -OCH3 is 2. The summed E-state index contributed by atoms with van der Waals surface area (Å²) in [6, 6.07) is 4.26. The Morgan fingerprint density at radius 2 is 1.89 bits per heavy atom. The summed E-state index contributed by atoms with van der Waals surface area (Å²) in [4.78, 5) is 2.50. The first kappa shape index (κ1) is 18.3. The van der Waals surface area contributed by atoms with Crippen LogP contribution in [0.4, 0.5) is 0 Å². The standard InChI is InChI=1S/C21H29N3O3/c1-4-24-15-16(13-22-24)14-23-8-6-21(7-9-23)18-12-20(26-3)19(25-2)11-17(18)5-10-27-21/h11-13,15H,4-10,14H2,1-3H3. The molecular formula is C21H29N3O3. The van der Waals surface area contributed by atoms with Crippen LogP contribution in [0.2, 0.25) is 0 Å². The van der Waals surface area contributed by atoms with Crippen molar-refractivity contribution in [1.29, 1.82) is 0 Å². The molecular weight excluding hydrogens is 342 g/mol. The van der Waals surface area contributed by atoms with E-state index in [4.69, 9.17) is 14.2 Å². The predicted molar refractivity (Wildman–Crippen MR) is 103 cm³/mol. The maximum Gasteiger partial charge on any atom is 0.161 e. The van der Waals surface area contributed by atoms with E-state index >= 15 is 0 Å². The maximum absolute atomic E-state index is 6.39. The van der Waals surface area contributed by atoms with Gasteiger partial charge in [0.1, 0.15) is 0 Å². The van der Waals surface area contributed by atoms with Crippen LogP contribution in [0, 0.1) is 0 Å². The number of piperidine rings is 1. The average Bonchev–Trinajstić information content (AvgIpc) is 3.17. The van der Waals surface area contributed by atoms with Gasteiger partial charge in [-0.2, -0.15) is 5.10 Å². The number of aromatic nitrogens is 2. The van der Waals surface area contributed by atoms with E-state index in [0.717, 1.165) is 63.5 Å². The van der Waals surface area contributed by atoms with Crippen LogP contribution < -0.4 is 9.47 Å². The van der Waals surface area contributed by atoms with Crippen LogP contribution in [-0.4, -0.2) is 48.6 Å². The first-order chi connectivity index (χ1) is 13.2. The number of likely N-dealkylation sites (tertiary alicyclic amines) is 1. The van der Waals surface area contributed by atoms with E-state index in [1.54, 1.807) is 14.2 Å². The van der Waals surface area contributed by atoms with Crippen molar-refractivity contribution in [2.45, 2.75) is 44.9 Å². The molecule has 2 aromatic rings. The van der Waals surface area contributed by atoms with Crippen molar-refractivity contribution in [1.82, 2.24) is 14.7 Å². The lowest BCUT2D eigenvalue weighted by Gasteiger charge is -2.45. The van der Waals surface area contributed by atoms with E-state index in [1.807, 2.05) is 10.9 Å². The van der Waals surface area contributed by atoms with Gasteiger partial charge in [-0.15, -0.1) is 0 Å². The predicted octanol–water partition coefficient (Wildman–Crippen LogP) is 2.98. The summed E-state index contributed by atoms with van der Waals surface area (Å²) in [6.45, 7) is 6.79. The number of nitrogens with zero attached hydrogens (tertiary/aromatic N) is 3. The molecule has 4 rings (SSSR count). The second-order valence-corrected chi connectivity index (χ2v) is 7.44. The molecule has 1 spiro atoms. The van der Waals surface area contributed by atoms with Crippen molar-refractivity contribution in [3.05, 3.63) is 41.2 Å². The molecule has 6 heteroatoms. The molecule has 1 aromatic heterocycles. The van der Waals surface area contributed by atoms with Gasteiger partial charge in [0.05, 0.1) is 32.6 Å². The summed E-state index contributed by atoms with van der Waals surface area (Å²) in [7, 11) is 3.39. The van der Waals surface area contributed by atoms with Crippen molar-refractivity contribution < 1.29 is 14.2 Å². The van der Waals surface area contributed by atoms with Crippen LogP contribution >= 0.6 is 0 Å². The van der Waals surface area contributed by atoms with Gasteiger partial charge in [-0.25, -0.2) is 0 Å². The third-order valence-corrected chi connectivity index (χ3v) is 5.93. The van der Waals surface area contributed by atoms with Gasteiger partial charge in [-0.1, -0.05) is 0 Å². The fourth-order valence-corrected chi connectivity index (χ4v) is 4.39. The highest BCUT2D eigenvalue weighted by atomic mass is 16.5. The summed E-state index contributed by atoms with van der Waals surface area (Å²) >= 11 is 0. The number of hydrogen-bond donors (Lipinski definition) is 0. The van der Waals surface area contributed by atoms with Gasteiger partial charge in [0.15, 0.2) is 11.5 Å². The minimum Gasteiger partial charge on any atom is -0.493 e. The maximum atomic E-state index is 6.39. The quantitative estimate of drug-likeness (QED) is 0.809. The molecule has 146 valence electrons. The van der Waals surface area contributed by atoms with Crippen molar-refractivity contribution in [3.63, 3.8) is 0 Å². The third kappa shape index (κ3) is 3.44. The molecule has 2 aliphatic heterocycles. The molecule has 3 heterocycles. The van der Waals surface area contributed by atoms with E-state index in [2.05, 4.69) is 35.3 Å². The number of ether oxygens (including phenoxy) is 3. The van der Waals surface area contributed by atoms with E-state index in [-0.39, 0.29) is 5.60 Å². The van der Waals surface area contributed by atoms with E-state index in [1.165, 1.54) is 16.7 Å². The van der Waals surface area contributed by atoms with Crippen LogP contribution in [-0.2, 0) is 29.8 Å². The Hall–Kier alpha value is -2.05. The smallest absolute Gasteiger partial charge is 0.161 e. The molecule has 6 nitrogen and oxygen atoms in total. The van der Waals surface area contributed by atoms with Crippen molar-refractivity contribution >= 4 is 0 Å². The van der Waals surface area contributed by atoms with Crippen molar-refractivity contribution in [2.75, 3.05) is 33.9 Å². The molecule has 0 amide bonds. The monoisotopic (exact) mass is 371 g/mol. The Bertz CT molecular complexity index is 794. The number of rotatable bonds is 5. The summed E-state index contributed by atoms with van der Waals surface area (Å²) in [5.41, 5.74) is 3.70. The topological polar surface area (TPSA) is 48.8 Å². The largest absolute Gasteiger partial charge is 0.493 e. The van der Waals surface area contributed by atoms with Crippen molar-refractivity contribution in [2.24, 2.45) is 0 Å². The Kier molecular flexibility index (Phi) is 5.10. The average molecular weight is 371 g/mol. The lowest BCUT2D eigenvalue weighted by atomic mass is 9.79. The number of fused-ring (bicyclic) bond motifs is 2. The summed E-state index contributed by atoms with van der Waals surface area (Å²) in [5.74, 6) is 1.59.